The largest absolute Gasteiger partial charge is 0.507 e. The lowest BCUT2D eigenvalue weighted by atomic mass is 9.49. The Morgan fingerprint density at radius 3 is 2.24 bits per heavy atom. The van der Waals surface area contributed by atoms with Crippen LogP contribution in [0, 0.1) is 37.5 Å². The maximum absolute atomic E-state index is 15.2. The number of allylic oxidation sites excluding steroid dienone is 2. The summed E-state index contributed by atoms with van der Waals surface area (Å²) in [7, 11) is 0. The number of anilines is 1. The number of primary amides is 1. The molecule has 1 aromatic heterocycles. The molecule has 4 aliphatic rings. The summed E-state index contributed by atoms with van der Waals surface area (Å²) in [6.45, 7) is 3.34. The summed E-state index contributed by atoms with van der Waals surface area (Å²) in [5.41, 5.74) is 7.47. The molecule has 2 aliphatic carbocycles. The Bertz CT molecular complexity index is 2080. The van der Waals surface area contributed by atoms with Gasteiger partial charge in [-0.15, -0.1) is 0 Å². The number of hydrogen-bond acceptors (Lipinski definition) is 8. The number of pyridine rings is 1. The minimum absolute atomic E-state index is 0.00898. The third kappa shape index (κ3) is 5.01. The highest BCUT2D eigenvalue weighted by Gasteiger charge is 2.70. The lowest BCUT2D eigenvalue weighted by Gasteiger charge is -2.50. The van der Waals surface area contributed by atoms with Crippen LogP contribution in [-0.2, 0) is 30.8 Å². The van der Waals surface area contributed by atoms with E-state index in [1.54, 1.807) is 56.3 Å². The number of halogens is 5. The molecule has 1 saturated carbocycles. The highest BCUT2D eigenvalue weighted by Crippen LogP contribution is 2.64. The third-order valence-corrected chi connectivity index (χ3v) is 11.2. The zero-order valence-corrected chi connectivity index (χ0v) is 28.3. The Morgan fingerprint density at radius 1 is 1.00 bits per heavy atom. The molecule has 16 heteroatoms. The molecule has 2 aromatic carbocycles. The first-order valence-corrected chi connectivity index (χ1v) is 16.5. The second-order valence-corrected chi connectivity index (χ2v) is 14.1. The Morgan fingerprint density at radius 2 is 1.65 bits per heavy atom. The van der Waals surface area contributed by atoms with Crippen LogP contribution in [0.15, 0.2) is 60.3 Å². The number of rotatable bonds is 4. The van der Waals surface area contributed by atoms with Gasteiger partial charge in [-0.25, -0.2) is 9.78 Å². The molecule has 6 amide bonds. The molecule has 2 saturated heterocycles. The average molecular weight is 743 g/mol. The molecule has 3 aromatic rings. The second-order valence-electron chi connectivity index (χ2n) is 13.3. The molecule has 4 N–H and O–H groups in total. The van der Waals surface area contributed by atoms with Gasteiger partial charge in [0.2, 0.25) is 11.8 Å². The van der Waals surface area contributed by atoms with Crippen LogP contribution in [0.2, 0.25) is 10.0 Å². The number of imide groups is 4. The average Bonchev–Trinajstić information content (AvgIpc) is 3.45. The maximum Gasteiger partial charge on any atom is 0.417 e. The summed E-state index contributed by atoms with van der Waals surface area (Å²) in [6.07, 6.45) is -2.59. The third-order valence-electron chi connectivity index (χ3n) is 10.6. The molecule has 264 valence electrons. The van der Waals surface area contributed by atoms with Gasteiger partial charge in [0.15, 0.2) is 5.82 Å². The van der Waals surface area contributed by atoms with Gasteiger partial charge in [0.25, 0.3) is 11.8 Å². The number of likely N-dealkylation sites (tertiary alicyclic amines) is 1. The normalized spacial score (nSPS) is 27.3. The van der Waals surface area contributed by atoms with Crippen molar-refractivity contribution in [2.75, 3.05) is 5.43 Å². The van der Waals surface area contributed by atoms with E-state index in [1.165, 1.54) is 0 Å². The van der Waals surface area contributed by atoms with Crippen molar-refractivity contribution in [2.24, 2.45) is 29.4 Å². The van der Waals surface area contributed by atoms with Crippen LogP contribution in [0.25, 0.3) is 0 Å². The van der Waals surface area contributed by atoms with Gasteiger partial charge in [-0.05, 0) is 73.1 Å². The number of aryl methyl sites for hydroxylation is 2. The smallest absolute Gasteiger partial charge is 0.417 e. The summed E-state index contributed by atoms with van der Waals surface area (Å²) in [6, 6.07) is 9.05. The first-order valence-electron chi connectivity index (χ1n) is 15.8. The molecule has 0 radical (unpaired) electrons. The standard InChI is InChI=1S/C35H28Cl2F3N5O6/c1-14-9-16(10-15(2)27(14)46)26-20-7-8-21-25(31(49)44(29(21)47)33(41)51)22(20)12-23-30(48)45(32(50)34(23,26)17-3-5-19(36)6-4-17)43-28-24(37)11-18(13-42-28)35(38,39)40/h3-7,9-11,13,21-23,25-26,46H,8,12H2,1-2H3,(H2,41,51)(H,42,43). The Labute approximate surface area is 298 Å². The number of alkyl halides is 3. The van der Waals surface area contributed by atoms with Crippen molar-refractivity contribution < 1.29 is 42.3 Å². The van der Waals surface area contributed by atoms with E-state index in [4.69, 9.17) is 28.9 Å². The predicted molar refractivity (Wildman–Crippen MR) is 176 cm³/mol. The highest BCUT2D eigenvalue weighted by atomic mass is 35.5. The quantitative estimate of drug-likeness (QED) is 0.224. The second kappa shape index (κ2) is 11.8. The van der Waals surface area contributed by atoms with E-state index in [1.807, 2.05) is 0 Å². The number of aromatic hydroxyl groups is 1. The molecule has 0 bridgehead atoms. The lowest BCUT2D eigenvalue weighted by molar-refractivity contribution is -0.140. The van der Waals surface area contributed by atoms with Gasteiger partial charge >= 0.3 is 12.2 Å². The minimum atomic E-state index is -4.76. The van der Waals surface area contributed by atoms with Crippen molar-refractivity contribution in [1.82, 2.24) is 14.9 Å². The van der Waals surface area contributed by atoms with Gasteiger partial charge in [-0.2, -0.15) is 23.1 Å². The fourth-order valence-electron chi connectivity index (χ4n) is 8.53. The van der Waals surface area contributed by atoms with Gasteiger partial charge in [-0.1, -0.05) is 59.1 Å². The predicted octanol–water partition coefficient (Wildman–Crippen LogP) is 5.79. The zero-order chi connectivity index (χ0) is 36.9. The van der Waals surface area contributed by atoms with Gasteiger partial charge in [0.1, 0.15) is 5.75 Å². The molecule has 0 spiro atoms. The SMILES string of the molecule is Cc1cc(C2C3=CCC4C(=O)N(C(N)=O)C(=O)C4C3CC3C(=O)N(Nc4ncc(C(F)(F)F)cc4Cl)C(=O)C32c2ccc(Cl)cc2)cc(C)c1O. The molecule has 51 heavy (non-hydrogen) atoms. The number of carbonyl (C=O) groups is 5. The van der Waals surface area contributed by atoms with Crippen molar-refractivity contribution in [2.45, 2.75) is 44.2 Å². The van der Waals surface area contributed by atoms with Crippen LogP contribution < -0.4 is 11.2 Å². The molecule has 11 nitrogen and oxygen atoms in total. The number of fused-ring (bicyclic) bond motifs is 4. The van der Waals surface area contributed by atoms with Crippen molar-refractivity contribution in [3.05, 3.63) is 98.2 Å². The monoisotopic (exact) mass is 741 g/mol. The van der Waals surface area contributed by atoms with E-state index in [2.05, 4.69) is 10.4 Å². The number of phenols is 1. The number of hydrogen-bond donors (Lipinski definition) is 3. The lowest BCUT2D eigenvalue weighted by Crippen LogP contribution is -2.53. The number of phenolic OH excluding ortho intramolecular Hbond substituents is 1. The first-order chi connectivity index (χ1) is 24.0. The van der Waals surface area contributed by atoms with Gasteiger partial charge in [-0.3, -0.25) is 24.6 Å². The van der Waals surface area contributed by atoms with E-state index in [9.17, 15) is 37.5 Å². The summed E-state index contributed by atoms with van der Waals surface area (Å²) in [5, 5.41) is 11.2. The zero-order valence-electron chi connectivity index (χ0n) is 26.8. The van der Waals surface area contributed by atoms with Gasteiger partial charge in [0.05, 0.1) is 33.8 Å². The molecule has 2 aliphatic heterocycles. The molecule has 6 unspecified atom stereocenters. The first kappa shape index (κ1) is 34.5. The number of aromatic nitrogens is 1. The minimum Gasteiger partial charge on any atom is -0.507 e. The Balaban J connectivity index is 1.46. The molecular weight excluding hydrogens is 714 g/mol. The van der Waals surface area contributed by atoms with Gasteiger partial charge in [0, 0.05) is 17.1 Å². The van der Waals surface area contributed by atoms with E-state index >= 15 is 4.79 Å². The molecule has 3 fully saturated rings. The maximum atomic E-state index is 15.2. The van der Waals surface area contributed by atoms with Crippen LogP contribution in [0.5, 0.6) is 5.75 Å². The number of hydrazine groups is 1. The fraction of sp³-hybridized carbons (Fsp3) is 0.314. The Hall–Kier alpha value is -4.95. The van der Waals surface area contributed by atoms with Crippen molar-refractivity contribution in [3.8, 4) is 5.75 Å². The summed E-state index contributed by atoms with van der Waals surface area (Å²) >= 11 is 12.5. The number of nitrogens with two attached hydrogens (primary N) is 1. The summed E-state index contributed by atoms with van der Waals surface area (Å²) in [4.78, 5) is 73.3. The Kier molecular flexibility index (Phi) is 7.99. The van der Waals surface area contributed by atoms with Crippen LogP contribution in [0.3, 0.4) is 0 Å². The highest BCUT2D eigenvalue weighted by molar-refractivity contribution is 6.33. The molecule has 6 atom stereocenters. The van der Waals surface area contributed by atoms with Gasteiger partial charge < -0.3 is 10.8 Å². The number of amides is 6. The van der Waals surface area contributed by atoms with E-state index in [-0.39, 0.29) is 18.6 Å². The van der Waals surface area contributed by atoms with E-state index in [0.29, 0.717) is 55.0 Å². The molecule has 3 heterocycles. The van der Waals surface area contributed by atoms with Crippen molar-refractivity contribution in [1.29, 1.82) is 0 Å². The van der Waals surface area contributed by atoms with Crippen LogP contribution >= 0.6 is 23.2 Å². The number of benzene rings is 2. The fourth-order valence-corrected chi connectivity index (χ4v) is 8.87. The van der Waals surface area contributed by atoms with Crippen molar-refractivity contribution >= 4 is 58.7 Å². The topological polar surface area (TPSA) is 163 Å². The molecular formula is C35H28Cl2F3N5O6. The van der Waals surface area contributed by atoms with E-state index < -0.39 is 87.2 Å². The van der Waals surface area contributed by atoms with Crippen LogP contribution in [-0.4, -0.2) is 49.7 Å². The molecule has 7 rings (SSSR count). The van der Waals surface area contributed by atoms with Crippen LogP contribution in [0.1, 0.15) is 46.6 Å². The van der Waals surface area contributed by atoms with Crippen LogP contribution in [0.4, 0.5) is 23.8 Å². The number of urea groups is 1. The number of nitrogens with zero attached hydrogens (tertiary/aromatic N) is 3. The summed E-state index contributed by atoms with van der Waals surface area (Å²) in [5.74, 6) is -8.61. The number of carbonyl (C=O) groups excluding carboxylic acids is 5. The van der Waals surface area contributed by atoms with E-state index in [0.717, 1.165) is 0 Å². The van der Waals surface area contributed by atoms with Crippen molar-refractivity contribution in [3.63, 3.8) is 0 Å². The summed E-state index contributed by atoms with van der Waals surface area (Å²) < 4.78 is 40.2. The number of nitrogens with one attached hydrogen (secondary N) is 1.